The largest absolute Gasteiger partial charge is 0.428 e. The van der Waals surface area contributed by atoms with E-state index in [0.29, 0.717) is 0 Å². The smallest absolute Gasteiger partial charge is 0.423 e. The molecule has 2 nitrogen and oxygen atoms in total. The Balaban J connectivity index is 2.94. The van der Waals surface area contributed by atoms with Crippen molar-refractivity contribution in [3.05, 3.63) is 42.0 Å². The van der Waals surface area contributed by atoms with Crippen molar-refractivity contribution in [1.29, 1.82) is 0 Å². The number of carbonyl (C=O) groups is 1. The van der Waals surface area contributed by atoms with Gasteiger partial charge >= 0.3 is 12.1 Å². The van der Waals surface area contributed by atoms with Gasteiger partial charge in [-0.1, -0.05) is 18.2 Å². The molecule has 1 rings (SSSR count). The number of benzene rings is 1. The Hall–Kier alpha value is -1.92. The van der Waals surface area contributed by atoms with Crippen molar-refractivity contribution in [3.8, 4) is 5.75 Å². The molecule has 0 unspecified atom stereocenters. The first kappa shape index (κ1) is 13.1. The van der Waals surface area contributed by atoms with Crippen molar-refractivity contribution in [2.75, 3.05) is 0 Å². The van der Waals surface area contributed by atoms with Crippen molar-refractivity contribution < 1.29 is 31.5 Å². The van der Waals surface area contributed by atoms with Gasteiger partial charge in [0, 0.05) is 0 Å². The lowest BCUT2D eigenvalue weighted by Gasteiger charge is -2.09. The summed E-state index contributed by atoms with van der Waals surface area (Å²) in [4.78, 5) is 10.9. The summed E-state index contributed by atoms with van der Waals surface area (Å²) >= 11 is 0. The van der Waals surface area contributed by atoms with E-state index in [1.165, 1.54) is 30.3 Å². The molecule has 1 aromatic carbocycles. The zero-order valence-electron chi connectivity index (χ0n) is 8.09. The molecule has 0 aliphatic carbocycles. The van der Waals surface area contributed by atoms with Gasteiger partial charge in [0.15, 0.2) is 0 Å². The van der Waals surface area contributed by atoms with Crippen LogP contribution in [0.1, 0.15) is 0 Å². The molecule has 0 bridgehead atoms. The summed E-state index contributed by atoms with van der Waals surface area (Å²) in [6.45, 7) is 0. The van der Waals surface area contributed by atoms with Gasteiger partial charge in [-0.2, -0.15) is 22.0 Å². The van der Waals surface area contributed by atoms with E-state index in [0.717, 1.165) is 0 Å². The number of esters is 1. The van der Waals surface area contributed by atoms with Crippen molar-refractivity contribution in [1.82, 2.24) is 0 Å². The van der Waals surface area contributed by atoms with Gasteiger partial charge in [-0.05, 0) is 12.1 Å². The first-order valence-corrected chi connectivity index (χ1v) is 4.22. The van der Waals surface area contributed by atoms with Crippen LogP contribution < -0.4 is 4.74 Å². The Bertz CT molecular complexity index is 432. The highest BCUT2D eigenvalue weighted by Crippen LogP contribution is 2.30. The van der Waals surface area contributed by atoms with Gasteiger partial charge in [0.25, 0.3) is 6.08 Å². The van der Waals surface area contributed by atoms with Crippen LogP contribution in [0.2, 0.25) is 0 Å². The molecular formula is C10H5F5O2. The summed E-state index contributed by atoms with van der Waals surface area (Å²) in [7, 11) is 0. The minimum Gasteiger partial charge on any atom is -0.423 e. The van der Waals surface area contributed by atoms with Crippen molar-refractivity contribution in [2.45, 2.75) is 6.18 Å². The van der Waals surface area contributed by atoms with E-state index < -0.39 is 23.8 Å². The van der Waals surface area contributed by atoms with Crippen LogP contribution in [-0.4, -0.2) is 12.1 Å². The predicted octanol–water partition coefficient (Wildman–Crippen LogP) is 3.30. The van der Waals surface area contributed by atoms with Gasteiger partial charge in [0.1, 0.15) is 5.75 Å². The Kier molecular flexibility index (Phi) is 3.82. The number of hydrogen-bond donors (Lipinski definition) is 0. The van der Waals surface area contributed by atoms with Crippen molar-refractivity contribution in [2.24, 2.45) is 0 Å². The summed E-state index contributed by atoms with van der Waals surface area (Å²) < 4.78 is 64.4. The standard InChI is InChI=1S/C10H5F5O2/c11-8(12)7(10(13,14)15)9(16)17-6-4-2-1-3-5-6/h1-5H. The minimum atomic E-state index is -5.45. The second-order valence-corrected chi connectivity index (χ2v) is 2.84. The lowest BCUT2D eigenvalue weighted by Crippen LogP contribution is -2.24. The van der Waals surface area contributed by atoms with Crippen LogP contribution in [0.5, 0.6) is 5.75 Å². The number of carbonyl (C=O) groups excluding carboxylic acids is 1. The van der Waals surface area contributed by atoms with Gasteiger partial charge < -0.3 is 4.74 Å². The van der Waals surface area contributed by atoms with E-state index in [1.54, 1.807) is 0 Å². The van der Waals surface area contributed by atoms with E-state index in [2.05, 4.69) is 4.74 Å². The van der Waals surface area contributed by atoms with Gasteiger partial charge in [-0.25, -0.2) is 4.79 Å². The van der Waals surface area contributed by atoms with Crippen LogP contribution in [0.15, 0.2) is 42.0 Å². The van der Waals surface area contributed by atoms with Gasteiger partial charge in [0.2, 0.25) is 5.57 Å². The molecular weight excluding hydrogens is 247 g/mol. The highest BCUT2D eigenvalue weighted by atomic mass is 19.4. The highest BCUT2D eigenvalue weighted by Gasteiger charge is 2.44. The fourth-order valence-electron chi connectivity index (χ4n) is 0.947. The maximum absolute atomic E-state index is 12.1. The Morgan fingerprint density at radius 2 is 1.59 bits per heavy atom. The number of para-hydroxylation sites is 1. The number of ether oxygens (including phenoxy) is 1. The lowest BCUT2D eigenvalue weighted by atomic mass is 10.3. The minimum absolute atomic E-state index is 0.250. The first-order chi connectivity index (χ1) is 7.82. The summed E-state index contributed by atoms with van der Waals surface area (Å²) in [6, 6.07) is 6.62. The fraction of sp³-hybridized carbons (Fsp3) is 0.100. The average molecular weight is 252 g/mol. The second-order valence-electron chi connectivity index (χ2n) is 2.84. The summed E-state index contributed by atoms with van der Waals surface area (Å²) in [5.74, 6) is -2.39. The van der Waals surface area contributed by atoms with Crippen LogP contribution >= 0.6 is 0 Å². The summed E-state index contributed by atoms with van der Waals surface area (Å²) in [5, 5.41) is 0. The quantitative estimate of drug-likeness (QED) is 0.349. The molecule has 0 N–H and O–H groups in total. The van der Waals surface area contributed by atoms with E-state index >= 15 is 0 Å². The maximum Gasteiger partial charge on any atom is 0.428 e. The molecule has 0 fully saturated rings. The first-order valence-electron chi connectivity index (χ1n) is 4.22. The summed E-state index contributed by atoms with van der Waals surface area (Å²) in [6.07, 6.45) is -8.58. The topological polar surface area (TPSA) is 26.3 Å². The number of alkyl halides is 3. The lowest BCUT2D eigenvalue weighted by molar-refractivity contribution is -0.143. The summed E-state index contributed by atoms with van der Waals surface area (Å²) in [5.41, 5.74) is -2.60. The number of halogens is 5. The maximum atomic E-state index is 12.1. The average Bonchev–Trinajstić information content (AvgIpc) is 2.15. The van der Waals surface area contributed by atoms with Crippen LogP contribution in [0.3, 0.4) is 0 Å². The molecule has 0 aliphatic heterocycles. The van der Waals surface area contributed by atoms with Gasteiger partial charge in [0.05, 0.1) is 0 Å². The molecule has 92 valence electrons. The van der Waals surface area contributed by atoms with E-state index in [4.69, 9.17) is 0 Å². The van der Waals surface area contributed by atoms with Crippen LogP contribution in [0.4, 0.5) is 22.0 Å². The van der Waals surface area contributed by atoms with Crippen LogP contribution in [0.25, 0.3) is 0 Å². The Labute approximate surface area is 92.3 Å². The predicted molar refractivity (Wildman–Crippen MR) is 47.4 cm³/mol. The molecule has 0 atom stereocenters. The normalized spacial score (nSPS) is 10.9. The fourth-order valence-corrected chi connectivity index (χ4v) is 0.947. The van der Waals surface area contributed by atoms with Gasteiger partial charge in [-0.3, -0.25) is 0 Å². The third-order valence-electron chi connectivity index (χ3n) is 1.63. The molecule has 0 radical (unpaired) electrons. The molecule has 17 heavy (non-hydrogen) atoms. The van der Waals surface area contributed by atoms with Crippen molar-refractivity contribution in [3.63, 3.8) is 0 Å². The van der Waals surface area contributed by atoms with E-state index in [1.807, 2.05) is 0 Å². The molecule has 0 heterocycles. The van der Waals surface area contributed by atoms with Crippen LogP contribution in [-0.2, 0) is 4.79 Å². The molecule has 0 spiro atoms. The molecule has 1 aromatic rings. The molecule has 0 aromatic heterocycles. The highest BCUT2D eigenvalue weighted by molar-refractivity contribution is 5.91. The number of hydrogen-bond acceptors (Lipinski definition) is 2. The monoisotopic (exact) mass is 252 g/mol. The second kappa shape index (κ2) is 4.94. The zero-order valence-corrected chi connectivity index (χ0v) is 8.09. The van der Waals surface area contributed by atoms with Gasteiger partial charge in [-0.15, -0.1) is 0 Å². The molecule has 0 aliphatic rings. The van der Waals surface area contributed by atoms with E-state index in [-0.39, 0.29) is 5.75 Å². The molecule has 0 saturated heterocycles. The number of rotatable bonds is 2. The zero-order chi connectivity index (χ0) is 13.1. The third-order valence-corrected chi connectivity index (χ3v) is 1.63. The molecule has 0 amide bonds. The molecule has 0 saturated carbocycles. The third kappa shape index (κ3) is 3.54. The van der Waals surface area contributed by atoms with Crippen molar-refractivity contribution >= 4 is 5.97 Å². The Morgan fingerprint density at radius 3 is 2.00 bits per heavy atom. The molecule has 7 heteroatoms. The van der Waals surface area contributed by atoms with E-state index in [9.17, 15) is 26.7 Å². The van der Waals surface area contributed by atoms with Crippen LogP contribution in [0, 0.1) is 0 Å². The SMILES string of the molecule is O=C(Oc1ccccc1)C(=C(F)F)C(F)(F)F. The Morgan fingerprint density at radius 1 is 1.06 bits per heavy atom.